The second-order valence-corrected chi connectivity index (χ2v) is 18.2. The Hall–Kier alpha value is -9.44. The van der Waals surface area contributed by atoms with E-state index in [-0.39, 0.29) is 0 Å². The number of hydrogen-bond acceptors (Lipinski definition) is 2. The number of benzene rings is 12. The van der Waals surface area contributed by atoms with Crippen molar-refractivity contribution >= 4 is 77.5 Å². The van der Waals surface area contributed by atoms with Crippen molar-refractivity contribution in [2.75, 3.05) is 9.80 Å². The molecule has 0 N–H and O–H groups in total. The number of para-hydroxylation sites is 2. The lowest BCUT2D eigenvalue weighted by Gasteiger charge is -2.31. The van der Waals surface area contributed by atoms with Gasteiger partial charge in [-0.25, -0.2) is 0 Å². The van der Waals surface area contributed by atoms with E-state index in [1.54, 1.807) is 0 Å². The summed E-state index contributed by atoms with van der Waals surface area (Å²) in [5.41, 5.74) is 16.8. The zero-order valence-corrected chi connectivity index (χ0v) is 39.0. The number of hydrogen-bond donors (Lipinski definition) is 0. The maximum absolute atomic E-state index is 2.42. The monoisotopic (exact) mass is 905 g/mol. The minimum Gasteiger partial charge on any atom is -0.310 e. The third-order valence-corrected chi connectivity index (χ3v) is 13.9. The third kappa shape index (κ3) is 7.86. The van der Waals surface area contributed by atoms with Gasteiger partial charge in [0.2, 0.25) is 0 Å². The van der Waals surface area contributed by atoms with Crippen LogP contribution in [-0.4, -0.2) is 4.57 Å². The fourth-order valence-corrected chi connectivity index (χ4v) is 10.4. The summed E-state index contributed by atoms with van der Waals surface area (Å²) < 4.78 is 2.39. The fourth-order valence-electron chi connectivity index (χ4n) is 10.4. The third-order valence-electron chi connectivity index (χ3n) is 13.9. The normalized spacial score (nSPS) is 11.4. The molecule has 0 aliphatic heterocycles. The lowest BCUT2D eigenvalue weighted by Crippen LogP contribution is -2.14. The predicted molar refractivity (Wildman–Crippen MR) is 301 cm³/mol. The second kappa shape index (κ2) is 17.9. The number of rotatable bonds is 10. The van der Waals surface area contributed by atoms with Crippen molar-refractivity contribution in [2.45, 2.75) is 0 Å². The number of nitrogens with zero attached hydrogens (tertiary/aromatic N) is 3. The number of fused-ring (bicyclic) bond motifs is 5. The van der Waals surface area contributed by atoms with Gasteiger partial charge in [-0.05, 0) is 152 Å². The van der Waals surface area contributed by atoms with E-state index in [1.807, 2.05) is 0 Å². The van der Waals surface area contributed by atoms with Gasteiger partial charge in [0, 0.05) is 50.6 Å². The van der Waals surface area contributed by atoms with E-state index in [2.05, 4.69) is 299 Å². The molecule has 71 heavy (non-hydrogen) atoms. The van der Waals surface area contributed by atoms with Crippen molar-refractivity contribution in [3.8, 4) is 39.1 Å². The van der Waals surface area contributed by atoms with Crippen LogP contribution in [0.25, 0.3) is 82.4 Å². The van der Waals surface area contributed by atoms with E-state index in [9.17, 15) is 0 Å². The summed E-state index contributed by atoms with van der Waals surface area (Å²) in [6.07, 6.45) is 0. The number of anilines is 6. The molecular formula is C68H47N3. The molecule has 12 aromatic carbocycles. The van der Waals surface area contributed by atoms with Crippen molar-refractivity contribution < 1.29 is 0 Å². The van der Waals surface area contributed by atoms with Gasteiger partial charge >= 0.3 is 0 Å². The Morgan fingerprint density at radius 1 is 0.211 bits per heavy atom. The molecular weight excluding hydrogens is 859 g/mol. The van der Waals surface area contributed by atoms with E-state index < -0.39 is 0 Å². The molecule has 0 saturated carbocycles. The number of aromatic nitrogens is 1. The van der Waals surface area contributed by atoms with Crippen molar-refractivity contribution in [2.24, 2.45) is 0 Å². The molecule has 3 nitrogen and oxygen atoms in total. The zero-order chi connectivity index (χ0) is 47.1. The molecule has 334 valence electrons. The Kier molecular flexibility index (Phi) is 10.5. The Morgan fingerprint density at radius 2 is 0.620 bits per heavy atom. The molecule has 0 spiro atoms. The van der Waals surface area contributed by atoms with Crippen LogP contribution in [0.3, 0.4) is 0 Å². The second-order valence-electron chi connectivity index (χ2n) is 18.2. The standard InChI is InChI=1S/C68H47N3/c1-4-16-48(17-5-1)52-28-35-59(36-29-52)69(61-39-32-50-20-10-12-22-54(50)42-61)63-44-57(56-34-41-68-66(46-56)65-26-14-15-27-67(65)71(68)58-24-8-3-9-25-58)45-64(47-63)70(62-40-33-51-21-11-13-23-55(51)43-62)60-37-30-53(31-38-60)49-18-6-2-7-19-49/h1-47H. The van der Waals surface area contributed by atoms with Crippen molar-refractivity contribution in [3.05, 3.63) is 285 Å². The SMILES string of the molecule is c1ccc(-c2ccc(N(c3cc(-c4ccc5c(c4)c4ccccc4n5-c4ccccc4)cc(N(c4ccc(-c5ccccc5)cc4)c4ccc5ccccc5c4)c3)c3ccc4ccccc4c3)cc2)cc1. The Morgan fingerprint density at radius 3 is 1.15 bits per heavy atom. The molecule has 0 bridgehead atoms. The lowest BCUT2D eigenvalue weighted by atomic mass is 9.99. The van der Waals surface area contributed by atoms with E-state index in [0.717, 1.165) is 50.9 Å². The highest BCUT2D eigenvalue weighted by molar-refractivity contribution is 6.10. The molecule has 1 heterocycles. The van der Waals surface area contributed by atoms with Gasteiger partial charge < -0.3 is 14.4 Å². The van der Waals surface area contributed by atoms with Gasteiger partial charge in [-0.15, -0.1) is 0 Å². The first kappa shape index (κ1) is 41.7. The first-order chi connectivity index (χ1) is 35.2. The Labute approximate surface area is 414 Å². The van der Waals surface area contributed by atoms with Crippen molar-refractivity contribution in [1.29, 1.82) is 0 Å². The topological polar surface area (TPSA) is 11.4 Å². The quantitative estimate of drug-likeness (QED) is 0.135. The van der Waals surface area contributed by atoms with Gasteiger partial charge in [0.05, 0.1) is 11.0 Å². The van der Waals surface area contributed by atoms with Gasteiger partial charge in [0.15, 0.2) is 0 Å². The summed E-state index contributed by atoms with van der Waals surface area (Å²) in [6, 6.07) is 104. The molecule has 1 aromatic heterocycles. The first-order valence-electron chi connectivity index (χ1n) is 24.3. The molecule has 0 amide bonds. The van der Waals surface area contributed by atoms with Crippen LogP contribution in [0.15, 0.2) is 285 Å². The average molecular weight is 906 g/mol. The lowest BCUT2D eigenvalue weighted by molar-refractivity contribution is 1.18. The van der Waals surface area contributed by atoms with Crippen LogP contribution in [0.2, 0.25) is 0 Å². The Bertz CT molecular complexity index is 3840. The van der Waals surface area contributed by atoms with Crippen LogP contribution in [0.4, 0.5) is 34.1 Å². The molecule has 0 unspecified atom stereocenters. The smallest absolute Gasteiger partial charge is 0.0541 e. The fraction of sp³-hybridized carbons (Fsp3) is 0. The largest absolute Gasteiger partial charge is 0.310 e. The summed E-state index contributed by atoms with van der Waals surface area (Å²) in [6.45, 7) is 0. The molecule has 13 rings (SSSR count). The van der Waals surface area contributed by atoms with Crippen LogP contribution < -0.4 is 9.80 Å². The Balaban J connectivity index is 1.06. The first-order valence-corrected chi connectivity index (χ1v) is 24.3. The van der Waals surface area contributed by atoms with E-state index in [0.29, 0.717) is 0 Å². The van der Waals surface area contributed by atoms with Crippen LogP contribution in [0.1, 0.15) is 0 Å². The molecule has 0 saturated heterocycles. The van der Waals surface area contributed by atoms with Gasteiger partial charge in [0.1, 0.15) is 0 Å². The predicted octanol–water partition coefficient (Wildman–Crippen LogP) is 19.0. The van der Waals surface area contributed by atoms with Crippen molar-refractivity contribution in [3.63, 3.8) is 0 Å². The molecule has 0 fully saturated rings. The van der Waals surface area contributed by atoms with Crippen LogP contribution >= 0.6 is 0 Å². The molecule has 3 heteroatoms. The summed E-state index contributed by atoms with van der Waals surface area (Å²) in [7, 11) is 0. The summed E-state index contributed by atoms with van der Waals surface area (Å²) >= 11 is 0. The average Bonchev–Trinajstić information content (AvgIpc) is 3.78. The maximum Gasteiger partial charge on any atom is 0.0541 e. The maximum atomic E-state index is 2.42. The van der Waals surface area contributed by atoms with Crippen molar-refractivity contribution in [1.82, 2.24) is 4.57 Å². The van der Waals surface area contributed by atoms with Crippen LogP contribution in [0, 0.1) is 0 Å². The minimum atomic E-state index is 1.04. The van der Waals surface area contributed by atoms with Gasteiger partial charge in [-0.3, -0.25) is 0 Å². The highest BCUT2D eigenvalue weighted by Crippen LogP contribution is 2.46. The van der Waals surface area contributed by atoms with E-state index >= 15 is 0 Å². The summed E-state index contributed by atoms with van der Waals surface area (Å²) in [5.74, 6) is 0. The summed E-state index contributed by atoms with van der Waals surface area (Å²) in [4.78, 5) is 4.84. The van der Waals surface area contributed by atoms with Gasteiger partial charge in [-0.2, -0.15) is 0 Å². The molecule has 13 aromatic rings. The van der Waals surface area contributed by atoms with Gasteiger partial charge in [-0.1, -0.05) is 188 Å². The van der Waals surface area contributed by atoms with Gasteiger partial charge in [0.25, 0.3) is 0 Å². The molecule has 0 atom stereocenters. The highest BCUT2D eigenvalue weighted by Gasteiger charge is 2.22. The van der Waals surface area contributed by atoms with E-state index in [1.165, 1.54) is 65.6 Å². The zero-order valence-electron chi connectivity index (χ0n) is 39.0. The molecule has 0 radical (unpaired) electrons. The molecule has 0 aliphatic carbocycles. The summed E-state index contributed by atoms with van der Waals surface area (Å²) in [5, 5.41) is 7.20. The van der Waals surface area contributed by atoms with Crippen LogP contribution in [-0.2, 0) is 0 Å². The molecule has 0 aliphatic rings. The van der Waals surface area contributed by atoms with Crippen LogP contribution in [0.5, 0.6) is 0 Å². The highest BCUT2D eigenvalue weighted by atomic mass is 15.2. The van der Waals surface area contributed by atoms with E-state index in [4.69, 9.17) is 0 Å². The minimum absolute atomic E-state index is 1.04.